The molecule has 8 rings (SSSR count). The molecular formula is C43H51ClN10. The van der Waals surface area contributed by atoms with E-state index in [-0.39, 0.29) is 5.92 Å². The maximum Gasteiger partial charge on any atom is 0.227 e. The summed E-state index contributed by atoms with van der Waals surface area (Å²) in [5.74, 6) is 1.53. The van der Waals surface area contributed by atoms with Crippen molar-refractivity contribution in [2.24, 2.45) is 12.5 Å². The van der Waals surface area contributed by atoms with Crippen molar-refractivity contribution in [1.82, 2.24) is 30.4 Å². The van der Waals surface area contributed by atoms with Gasteiger partial charge >= 0.3 is 0 Å². The molecular weight excluding hydrogens is 692 g/mol. The van der Waals surface area contributed by atoms with Crippen molar-refractivity contribution in [1.29, 1.82) is 0 Å². The van der Waals surface area contributed by atoms with Crippen LogP contribution in [0.1, 0.15) is 68.5 Å². The molecule has 0 radical (unpaired) electrons. The predicted octanol–water partition coefficient (Wildman–Crippen LogP) is 8.98. The Hall–Kier alpha value is -5.22. The lowest BCUT2D eigenvalue weighted by atomic mass is 9.67. The standard InChI is InChI=1S/C43H51ClN10/c1-26(45-5)8-10-30-20-31-21-33(12-15-38(31)52(6)29(30)4)49-41-37(44)23-46-42(50-41)54-24-43(25-54)18-16-32(17-19-43)48-34-11-14-36-39(22-34)53(7)51-40(36)35-13-9-27(2)47-28(35)3/h11-12,14-15,20-23,32,35,45,47-48H,1-4,8-10,13,16-19,24-25H2,5-7H3,(H,46,49,50). The number of anilines is 5. The summed E-state index contributed by atoms with van der Waals surface area (Å²) in [5.41, 5.74) is 12.1. The second-order valence-electron chi connectivity index (χ2n) is 15.7. The number of hydrogen-bond donors (Lipinski definition) is 4. The van der Waals surface area contributed by atoms with Crippen LogP contribution in [-0.2, 0) is 7.05 Å². The number of benzene rings is 2. The molecule has 5 heterocycles. The SMILES string of the molecule is C=C(CCC1=Cc2cc(Nc3nc(N4CC5(CCC(Nc6ccc7c(C8CCC(=C)NC8=C)nn(C)c7c6)CC5)C4)ncc3Cl)ccc2N(C)C1=C)NC. The zero-order chi connectivity index (χ0) is 37.7. The number of nitrogens with zero attached hydrogens (tertiary/aromatic N) is 6. The first kappa shape index (κ1) is 35.8. The Kier molecular flexibility index (Phi) is 9.42. The highest BCUT2D eigenvalue weighted by Gasteiger charge is 2.46. The van der Waals surface area contributed by atoms with Crippen LogP contribution in [0.25, 0.3) is 17.0 Å². The zero-order valence-corrected chi connectivity index (χ0v) is 32.5. The smallest absolute Gasteiger partial charge is 0.227 e. The molecule has 1 atom stereocenters. The normalized spacial score (nSPS) is 19.7. The van der Waals surface area contributed by atoms with E-state index in [9.17, 15) is 0 Å². The minimum Gasteiger partial charge on any atom is -0.392 e. The lowest BCUT2D eigenvalue weighted by molar-refractivity contribution is 0.131. The summed E-state index contributed by atoms with van der Waals surface area (Å²) >= 11 is 6.65. The van der Waals surface area contributed by atoms with E-state index in [4.69, 9.17) is 21.7 Å². The van der Waals surface area contributed by atoms with Gasteiger partial charge in [0.1, 0.15) is 5.02 Å². The number of allylic oxidation sites excluding steroid dienone is 4. The molecule has 280 valence electrons. The van der Waals surface area contributed by atoms with Gasteiger partial charge in [-0.25, -0.2) is 4.98 Å². The van der Waals surface area contributed by atoms with Crippen LogP contribution in [0.15, 0.2) is 97.3 Å². The van der Waals surface area contributed by atoms with Crippen molar-refractivity contribution < 1.29 is 0 Å². The van der Waals surface area contributed by atoms with Gasteiger partial charge in [-0.1, -0.05) is 37.9 Å². The van der Waals surface area contributed by atoms with Gasteiger partial charge in [-0.3, -0.25) is 4.68 Å². The third-order valence-corrected chi connectivity index (χ3v) is 12.3. The van der Waals surface area contributed by atoms with Crippen LogP contribution in [0.5, 0.6) is 0 Å². The van der Waals surface area contributed by atoms with Gasteiger partial charge in [0.05, 0.1) is 17.4 Å². The number of piperidine rings is 1. The van der Waals surface area contributed by atoms with Crippen molar-refractivity contribution >= 4 is 57.4 Å². The summed E-state index contributed by atoms with van der Waals surface area (Å²) in [6.45, 7) is 18.7. The Labute approximate surface area is 323 Å². The minimum absolute atomic E-state index is 0.195. The van der Waals surface area contributed by atoms with Gasteiger partial charge < -0.3 is 31.1 Å². The van der Waals surface area contributed by atoms with Crippen LogP contribution < -0.4 is 31.1 Å². The van der Waals surface area contributed by atoms with E-state index in [2.05, 4.69) is 112 Å². The summed E-state index contributed by atoms with van der Waals surface area (Å²) in [7, 11) is 6.01. The monoisotopic (exact) mass is 742 g/mol. The number of aromatic nitrogens is 4. The number of aryl methyl sites for hydroxylation is 1. The van der Waals surface area contributed by atoms with E-state index in [0.717, 1.165) is 114 Å². The third-order valence-electron chi connectivity index (χ3n) is 12.0. The molecule has 0 bridgehead atoms. The second kappa shape index (κ2) is 14.2. The Morgan fingerprint density at radius 2 is 1.81 bits per heavy atom. The van der Waals surface area contributed by atoms with Crippen molar-refractivity contribution in [3.8, 4) is 0 Å². The Bertz CT molecular complexity index is 2200. The fourth-order valence-corrected chi connectivity index (χ4v) is 8.82. The molecule has 1 aliphatic carbocycles. The van der Waals surface area contributed by atoms with Gasteiger partial charge in [0, 0.05) is 102 Å². The molecule has 2 aromatic carbocycles. The molecule has 11 heteroatoms. The summed E-state index contributed by atoms with van der Waals surface area (Å²) in [4.78, 5) is 14.0. The number of halogens is 1. The van der Waals surface area contributed by atoms with E-state index < -0.39 is 0 Å². The van der Waals surface area contributed by atoms with E-state index in [1.54, 1.807) is 6.20 Å². The van der Waals surface area contributed by atoms with Gasteiger partial charge in [-0.2, -0.15) is 10.1 Å². The van der Waals surface area contributed by atoms with Gasteiger partial charge in [0.2, 0.25) is 5.95 Å². The Morgan fingerprint density at radius 1 is 1.04 bits per heavy atom. The first-order chi connectivity index (χ1) is 26.0. The van der Waals surface area contributed by atoms with E-state index in [0.29, 0.717) is 22.3 Å². The molecule has 2 aromatic heterocycles. The van der Waals surface area contributed by atoms with Gasteiger partial charge in [-0.05, 0) is 99.4 Å². The van der Waals surface area contributed by atoms with Gasteiger partial charge in [0.15, 0.2) is 5.82 Å². The molecule has 10 nitrogen and oxygen atoms in total. The fraction of sp³-hybridized carbons (Fsp3) is 0.372. The van der Waals surface area contributed by atoms with E-state index >= 15 is 0 Å². The molecule has 4 aromatic rings. The van der Waals surface area contributed by atoms with Crippen LogP contribution in [0.3, 0.4) is 0 Å². The molecule has 54 heavy (non-hydrogen) atoms. The van der Waals surface area contributed by atoms with Crippen LogP contribution in [0.2, 0.25) is 5.02 Å². The lowest BCUT2D eigenvalue weighted by Crippen LogP contribution is -2.59. The predicted molar refractivity (Wildman–Crippen MR) is 224 cm³/mol. The second-order valence-corrected chi connectivity index (χ2v) is 16.1. The molecule has 4 aliphatic rings. The minimum atomic E-state index is 0.195. The summed E-state index contributed by atoms with van der Waals surface area (Å²) in [6, 6.07) is 13.4. The number of likely N-dealkylation sites (N-methyl/N-ethyl adjacent to an activating group) is 1. The highest BCUT2D eigenvalue weighted by atomic mass is 35.5. The van der Waals surface area contributed by atoms with Crippen LogP contribution in [0, 0.1) is 5.41 Å². The number of rotatable bonds is 10. The third kappa shape index (κ3) is 6.83. The van der Waals surface area contributed by atoms with Crippen LogP contribution in [-0.4, -0.2) is 53.0 Å². The molecule has 1 spiro atoms. The molecule has 3 aliphatic heterocycles. The highest BCUT2D eigenvalue weighted by Crippen LogP contribution is 2.46. The van der Waals surface area contributed by atoms with Crippen LogP contribution in [0.4, 0.5) is 28.8 Å². The zero-order valence-electron chi connectivity index (χ0n) is 31.7. The lowest BCUT2D eigenvalue weighted by Gasteiger charge is -2.53. The molecule has 3 fully saturated rings. The largest absolute Gasteiger partial charge is 0.392 e. The molecule has 4 N–H and O–H groups in total. The summed E-state index contributed by atoms with van der Waals surface area (Å²) < 4.78 is 2.01. The van der Waals surface area contributed by atoms with E-state index in [1.165, 1.54) is 23.8 Å². The summed E-state index contributed by atoms with van der Waals surface area (Å²) in [5, 5.41) is 20.4. The first-order valence-electron chi connectivity index (χ1n) is 19.0. The topological polar surface area (TPSA) is 98.2 Å². The Balaban J connectivity index is 0.880. The first-order valence-corrected chi connectivity index (χ1v) is 19.4. The highest BCUT2D eigenvalue weighted by molar-refractivity contribution is 6.32. The molecule has 1 saturated carbocycles. The van der Waals surface area contributed by atoms with Crippen molar-refractivity contribution in [2.45, 2.75) is 63.3 Å². The average molecular weight is 743 g/mol. The maximum atomic E-state index is 6.65. The van der Waals surface area contributed by atoms with Crippen molar-refractivity contribution in [3.63, 3.8) is 0 Å². The number of fused-ring (bicyclic) bond motifs is 2. The quantitative estimate of drug-likeness (QED) is 0.127. The molecule has 2 saturated heterocycles. The van der Waals surface area contributed by atoms with E-state index in [1.807, 2.05) is 18.8 Å². The summed E-state index contributed by atoms with van der Waals surface area (Å²) in [6.07, 6.45) is 12.2. The van der Waals surface area contributed by atoms with Crippen molar-refractivity contribution in [3.05, 3.63) is 114 Å². The maximum absolute atomic E-state index is 6.65. The fourth-order valence-electron chi connectivity index (χ4n) is 8.68. The van der Waals surface area contributed by atoms with Crippen LogP contribution >= 0.6 is 11.6 Å². The Morgan fingerprint density at radius 3 is 2.57 bits per heavy atom. The number of nitrogens with one attached hydrogen (secondary N) is 4. The van der Waals surface area contributed by atoms with Crippen molar-refractivity contribution in [2.75, 3.05) is 47.6 Å². The molecule has 1 unspecified atom stereocenters. The van der Waals surface area contributed by atoms with Gasteiger partial charge in [0.25, 0.3) is 0 Å². The number of hydrogen-bond acceptors (Lipinski definition) is 9. The molecule has 0 amide bonds. The average Bonchev–Trinajstić information content (AvgIpc) is 3.47. The van der Waals surface area contributed by atoms with Gasteiger partial charge in [-0.15, -0.1) is 0 Å².